The molecule has 5 atom stereocenters. The topological polar surface area (TPSA) is 172 Å². The predicted octanol–water partition coefficient (Wildman–Crippen LogP) is 3.22. The van der Waals surface area contributed by atoms with Crippen LogP contribution in [0.2, 0.25) is 5.02 Å². The molecule has 5 N–H and O–H groups in total. The van der Waals surface area contributed by atoms with Gasteiger partial charge in [-0.25, -0.2) is 4.57 Å². The summed E-state index contributed by atoms with van der Waals surface area (Å²) < 4.78 is 31.0. The summed E-state index contributed by atoms with van der Waals surface area (Å²) in [5.74, 6) is -0.476. The molecule has 15 heteroatoms. The van der Waals surface area contributed by atoms with Gasteiger partial charge in [0.1, 0.15) is 23.5 Å². The van der Waals surface area contributed by atoms with Gasteiger partial charge in [-0.05, 0) is 76.0 Å². The molecule has 1 fully saturated rings. The Balaban J connectivity index is 1.68. The molecule has 1 saturated carbocycles. The molecule has 3 rings (SSSR count). The summed E-state index contributed by atoms with van der Waals surface area (Å²) in [6.45, 7) is 2.21. The van der Waals surface area contributed by atoms with E-state index < -0.39 is 49.9 Å². The fourth-order valence-electron chi connectivity index (χ4n) is 3.94. The molecule has 2 unspecified atom stereocenters. The molecule has 0 bridgehead atoms. The van der Waals surface area contributed by atoms with Crippen LogP contribution < -0.4 is 15.2 Å². The average Bonchev–Trinajstić information content (AvgIpc) is 3.38. The molecule has 216 valence electrons. The first-order valence-corrected chi connectivity index (χ1v) is 14.7. The molecule has 2 aromatic rings. The predicted molar refractivity (Wildman–Crippen MR) is 145 cm³/mol. The summed E-state index contributed by atoms with van der Waals surface area (Å²) in [7, 11) is -4.23. The number of aliphatic hydroxyl groups is 3. The lowest BCUT2D eigenvalue weighted by atomic mass is 9.94. The number of aromatic nitrogens is 2. The number of hydrogen-bond donors (Lipinski definition) is 5. The van der Waals surface area contributed by atoms with Gasteiger partial charge in [0.05, 0.1) is 12.7 Å². The Bertz CT molecular complexity index is 1280. The first-order chi connectivity index (χ1) is 18.3. The summed E-state index contributed by atoms with van der Waals surface area (Å²) in [4.78, 5) is 26.3. The average molecular weight is 606 g/mol. The summed E-state index contributed by atoms with van der Waals surface area (Å²) in [6, 6.07) is 6.00. The minimum Gasteiger partial charge on any atom is -0.461 e. The summed E-state index contributed by atoms with van der Waals surface area (Å²) in [5, 5.41) is 35.1. The van der Waals surface area contributed by atoms with Crippen LogP contribution in [0, 0.1) is 4.77 Å². The zero-order valence-corrected chi connectivity index (χ0v) is 24.0. The van der Waals surface area contributed by atoms with E-state index in [1.165, 1.54) is 44.3 Å². The third kappa shape index (κ3) is 8.70. The smallest absolute Gasteiger partial charge is 0.459 e. The second-order valence-corrected chi connectivity index (χ2v) is 12.0. The number of carbonyl (C=O) groups excluding carboxylic acids is 1. The largest absolute Gasteiger partial charge is 0.461 e. The van der Waals surface area contributed by atoms with Gasteiger partial charge in [-0.1, -0.05) is 11.6 Å². The van der Waals surface area contributed by atoms with E-state index in [-0.39, 0.29) is 23.0 Å². The SMILES string of the molecule is C[C@H](NP(=O)(OCCC(O)[C@@](C)(O)[C@@H](O)n1ccc(=O)[nH]c1=S)Oc1ccc(Cl)cc1)C(=O)OC1CCCC1. The van der Waals surface area contributed by atoms with Crippen molar-refractivity contribution >= 4 is 37.5 Å². The maximum Gasteiger partial charge on any atom is 0.459 e. The van der Waals surface area contributed by atoms with E-state index in [1.807, 2.05) is 0 Å². The fourth-order valence-corrected chi connectivity index (χ4v) is 5.83. The molecule has 1 aromatic carbocycles. The van der Waals surface area contributed by atoms with Crippen molar-refractivity contribution in [1.82, 2.24) is 14.6 Å². The van der Waals surface area contributed by atoms with Crippen LogP contribution in [-0.2, 0) is 18.6 Å². The van der Waals surface area contributed by atoms with Gasteiger partial charge in [-0.2, -0.15) is 5.09 Å². The van der Waals surface area contributed by atoms with E-state index in [4.69, 9.17) is 37.6 Å². The Kier molecular flexibility index (Phi) is 10.9. The lowest BCUT2D eigenvalue weighted by Gasteiger charge is -2.34. The number of hydrogen-bond acceptors (Lipinski definition) is 10. The minimum absolute atomic E-state index is 0.141. The van der Waals surface area contributed by atoms with Crippen molar-refractivity contribution in [3.63, 3.8) is 0 Å². The molecular formula is C24H33ClN3O9PS. The number of rotatable bonds is 13. The number of nitrogens with zero attached hydrogens (tertiary/aromatic N) is 1. The first-order valence-electron chi connectivity index (χ1n) is 12.4. The maximum atomic E-state index is 13.6. The number of benzene rings is 1. The molecule has 1 aromatic heterocycles. The molecule has 0 amide bonds. The van der Waals surface area contributed by atoms with Gasteiger partial charge in [-0.3, -0.25) is 23.7 Å². The summed E-state index contributed by atoms with van der Waals surface area (Å²) in [6.07, 6.45) is 0.799. The quantitative estimate of drug-likeness (QED) is 0.129. The standard InChI is InChI=1S/C24H33ClN3O9PS/c1-15(21(31)36-17-5-3-4-6-17)27-38(34,37-18-9-7-16(25)8-10-18)35-14-12-19(29)24(2,33)22(32)28-13-11-20(30)26-23(28)39/h7-11,13,15,17,19,22,29,32-33H,3-6,12,14H2,1-2H3,(H,27,34)(H,26,30,39)/t15-,19?,22+,24+,38?/m0/s1. The van der Waals surface area contributed by atoms with Gasteiger partial charge in [0.2, 0.25) is 0 Å². The molecular weight excluding hydrogens is 573 g/mol. The molecule has 12 nitrogen and oxygen atoms in total. The lowest BCUT2D eigenvalue weighted by molar-refractivity contribution is -0.167. The minimum atomic E-state index is -4.23. The zero-order valence-electron chi connectivity index (χ0n) is 21.5. The van der Waals surface area contributed by atoms with E-state index in [0.717, 1.165) is 36.3 Å². The number of nitrogens with one attached hydrogen (secondary N) is 2. The highest BCUT2D eigenvalue weighted by molar-refractivity contribution is 7.71. The van der Waals surface area contributed by atoms with Gasteiger partial charge >= 0.3 is 13.7 Å². The number of carbonyl (C=O) groups is 1. The lowest BCUT2D eigenvalue weighted by Crippen LogP contribution is -2.48. The normalized spacial score (nSPS) is 19.4. The summed E-state index contributed by atoms with van der Waals surface area (Å²) in [5.41, 5.74) is -2.66. The first kappa shape index (κ1) is 31.4. The van der Waals surface area contributed by atoms with Crippen molar-refractivity contribution in [2.45, 2.75) is 76.0 Å². The van der Waals surface area contributed by atoms with Crippen LogP contribution in [0.3, 0.4) is 0 Å². The third-order valence-electron chi connectivity index (χ3n) is 6.29. The fraction of sp³-hybridized carbons (Fsp3) is 0.542. The highest BCUT2D eigenvalue weighted by atomic mass is 35.5. The van der Waals surface area contributed by atoms with Crippen LogP contribution in [0.25, 0.3) is 0 Å². The van der Waals surface area contributed by atoms with Gasteiger partial charge in [0.25, 0.3) is 5.56 Å². The number of aromatic amines is 1. The Morgan fingerprint density at radius 2 is 1.92 bits per heavy atom. The van der Waals surface area contributed by atoms with Crippen LogP contribution >= 0.6 is 31.6 Å². The molecule has 0 aliphatic heterocycles. The zero-order chi connectivity index (χ0) is 28.8. The van der Waals surface area contributed by atoms with Crippen LogP contribution in [-0.4, -0.2) is 61.3 Å². The van der Waals surface area contributed by atoms with Crippen LogP contribution in [0.5, 0.6) is 5.75 Å². The number of H-pyrrole nitrogens is 1. The van der Waals surface area contributed by atoms with E-state index in [0.29, 0.717) is 5.02 Å². The number of esters is 1. The molecule has 0 saturated heterocycles. The highest BCUT2D eigenvalue weighted by Crippen LogP contribution is 2.45. The second kappa shape index (κ2) is 13.5. The van der Waals surface area contributed by atoms with Gasteiger partial charge in [0.15, 0.2) is 11.0 Å². The Morgan fingerprint density at radius 1 is 1.28 bits per heavy atom. The summed E-state index contributed by atoms with van der Waals surface area (Å²) >= 11 is 10.9. The Labute approximate surface area is 235 Å². The van der Waals surface area contributed by atoms with E-state index in [2.05, 4.69) is 10.1 Å². The van der Waals surface area contributed by atoms with Crippen LogP contribution in [0.15, 0.2) is 41.3 Å². The third-order valence-corrected chi connectivity index (χ3v) is 8.54. The molecule has 0 spiro atoms. The van der Waals surface area contributed by atoms with Crippen LogP contribution in [0.4, 0.5) is 0 Å². The maximum absolute atomic E-state index is 13.6. The number of ether oxygens (including phenoxy) is 1. The molecule has 39 heavy (non-hydrogen) atoms. The van der Waals surface area contributed by atoms with Crippen molar-refractivity contribution < 1.29 is 38.5 Å². The van der Waals surface area contributed by atoms with Crippen molar-refractivity contribution in [2.75, 3.05) is 6.61 Å². The van der Waals surface area contributed by atoms with Crippen molar-refractivity contribution in [3.05, 3.63) is 56.7 Å². The number of halogens is 1. The van der Waals surface area contributed by atoms with Crippen LogP contribution in [0.1, 0.15) is 52.2 Å². The highest BCUT2D eigenvalue weighted by Gasteiger charge is 2.40. The van der Waals surface area contributed by atoms with E-state index >= 15 is 0 Å². The van der Waals surface area contributed by atoms with Crippen molar-refractivity contribution in [1.29, 1.82) is 0 Å². The molecule has 1 aliphatic carbocycles. The van der Waals surface area contributed by atoms with Crippen molar-refractivity contribution in [3.8, 4) is 5.75 Å². The number of aliphatic hydroxyl groups excluding tert-OH is 2. The second-order valence-electron chi connectivity index (χ2n) is 9.49. The van der Waals surface area contributed by atoms with E-state index in [9.17, 15) is 29.5 Å². The molecule has 1 aliphatic rings. The Hall–Kier alpha value is -2.09. The van der Waals surface area contributed by atoms with Gasteiger partial charge in [-0.15, -0.1) is 0 Å². The monoisotopic (exact) mass is 605 g/mol. The molecule has 1 heterocycles. The Morgan fingerprint density at radius 3 is 2.54 bits per heavy atom. The van der Waals surface area contributed by atoms with Crippen molar-refractivity contribution in [2.24, 2.45) is 0 Å². The molecule has 0 radical (unpaired) electrons. The van der Waals surface area contributed by atoms with Gasteiger partial charge in [0, 0.05) is 23.7 Å². The van der Waals surface area contributed by atoms with E-state index in [1.54, 1.807) is 0 Å². The van der Waals surface area contributed by atoms with Gasteiger partial charge < -0.3 is 24.6 Å².